The van der Waals surface area contributed by atoms with Gasteiger partial charge in [-0.25, -0.2) is 0 Å². The molecular formula is C13H14N2O2. The summed E-state index contributed by atoms with van der Waals surface area (Å²) < 4.78 is 5.44. The van der Waals surface area contributed by atoms with Crippen LogP contribution < -0.4 is 4.90 Å². The largest absolute Gasteiger partial charge is 0.437 e. The van der Waals surface area contributed by atoms with E-state index in [0.717, 1.165) is 5.56 Å². The minimum absolute atomic E-state index is 0.0615. The van der Waals surface area contributed by atoms with Gasteiger partial charge in [0.05, 0.1) is 0 Å². The van der Waals surface area contributed by atoms with Crippen molar-refractivity contribution in [2.75, 3.05) is 11.9 Å². The number of pyridine rings is 1. The maximum atomic E-state index is 11.1. The smallest absolute Gasteiger partial charge is 0.196 e. The molecule has 88 valence electrons. The second kappa shape index (κ2) is 4.82. The van der Waals surface area contributed by atoms with Crippen LogP contribution in [0, 0.1) is 0 Å². The molecule has 0 unspecified atom stereocenters. The first kappa shape index (κ1) is 11.4. The third-order valence-electron chi connectivity index (χ3n) is 2.48. The maximum absolute atomic E-state index is 11.1. The summed E-state index contributed by atoms with van der Waals surface area (Å²) in [7, 11) is 1.92. The van der Waals surface area contributed by atoms with E-state index in [4.69, 9.17) is 4.42 Å². The van der Waals surface area contributed by atoms with Crippen molar-refractivity contribution >= 4 is 11.7 Å². The van der Waals surface area contributed by atoms with Gasteiger partial charge in [-0.3, -0.25) is 9.78 Å². The molecule has 0 aliphatic heterocycles. The molecule has 0 radical (unpaired) electrons. The second-order valence-electron chi connectivity index (χ2n) is 3.91. The summed E-state index contributed by atoms with van der Waals surface area (Å²) in [6.07, 6.45) is 3.51. The van der Waals surface area contributed by atoms with Crippen molar-refractivity contribution in [1.29, 1.82) is 0 Å². The van der Waals surface area contributed by atoms with Gasteiger partial charge in [-0.05, 0) is 23.8 Å². The van der Waals surface area contributed by atoms with Crippen LogP contribution in [0.3, 0.4) is 0 Å². The first-order valence-electron chi connectivity index (χ1n) is 5.37. The predicted molar refractivity (Wildman–Crippen MR) is 65.1 cm³/mol. The molecule has 0 atom stereocenters. The number of anilines is 1. The van der Waals surface area contributed by atoms with Crippen molar-refractivity contribution in [1.82, 2.24) is 4.98 Å². The predicted octanol–water partition coefficient (Wildman–Crippen LogP) is 2.51. The Kier molecular flexibility index (Phi) is 3.23. The highest BCUT2D eigenvalue weighted by Gasteiger charge is 2.09. The Hall–Kier alpha value is -2.10. The quantitative estimate of drug-likeness (QED) is 0.757. The molecule has 0 saturated carbocycles. The van der Waals surface area contributed by atoms with Gasteiger partial charge in [0.25, 0.3) is 0 Å². The average Bonchev–Trinajstić information content (AvgIpc) is 2.79. The number of hydrogen-bond acceptors (Lipinski definition) is 4. The van der Waals surface area contributed by atoms with Crippen molar-refractivity contribution in [3.8, 4) is 0 Å². The van der Waals surface area contributed by atoms with Gasteiger partial charge in [-0.2, -0.15) is 0 Å². The van der Waals surface area contributed by atoms with Crippen molar-refractivity contribution in [3.63, 3.8) is 0 Å². The lowest BCUT2D eigenvalue weighted by Crippen LogP contribution is -2.15. The van der Waals surface area contributed by atoms with Gasteiger partial charge >= 0.3 is 0 Å². The Morgan fingerprint density at radius 3 is 2.59 bits per heavy atom. The standard InChI is InChI=1S/C13H14N2O2/c1-10(16)12-3-4-13(17-12)15(2)9-11-5-7-14-8-6-11/h3-8H,9H2,1-2H3. The summed E-state index contributed by atoms with van der Waals surface area (Å²) in [5.41, 5.74) is 1.14. The third-order valence-corrected chi connectivity index (χ3v) is 2.48. The molecular weight excluding hydrogens is 216 g/mol. The molecule has 2 aromatic rings. The molecule has 4 nitrogen and oxygen atoms in total. The average molecular weight is 230 g/mol. The Balaban J connectivity index is 2.09. The second-order valence-corrected chi connectivity index (χ2v) is 3.91. The molecule has 2 aromatic heterocycles. The number of Topliss-reactive ketones (excluding diaryl/α,β-unsaturated/α-hetero) is 1. The minimum Gasteiger partial charge on any atom is -0.437 e. The Morgan fingerprint density at radius 2 is 2.00 bits per heavy atom. The van der Waals surface area contributed by atoms with Crippen LogP contribution in [0.2, 0.25) is 0 Å². The van der Waals surface area contributed by atoms with E-state index in [9.17, 15) is 4.79 Å². The van der Waals surface area contributed by atoms with Gasteiger partial charge in [0.2, 0.25) is 0 Å². The number of carbonyl (C=O) groups is 1. The third kappa shape index (κ3) is 2.72. The Morgan fingerprint density at radius 1 is 1.29 bits per heavy atom. The molecule has 2 heterocycles. The van der Waals surface area contributed by atoms with Crippen LogP contribution >= 0.6 is 0 Å². The number of rotatable bonds is 4. The fourth-order valence-corrected chi connectivity index (χ4v) is 1.56. The lowest BCUT2D eigenvalue weighted by molar-refractivity contribution is 0.0988. The van der Waals surface area contributed by atoms with Gasteiger partial charge in [-0.1, -0.05) is 0 Å². The fraction of sp³-hybridized carbons (Fsp3) is 0.231. The Bertz CT molecular complexity index is 505. The lowest BCUT2D eigenvalue weighted by Gasteiger charge is -2.15. The number of furan rings is 1. The van der Waals surface area contributed by atoms with E-state index in [0.29, 0.717) is 18.2 Å². The lowest BCUT2D eigenvalue weighted by atomic mass is 10.2. The molecule has 0 aliphatic carbocycles. The van der Waals surface area contributed by atoms with Crippen LogP contribution in [0.1, 0.15) is 23.0 Å². The highest BCUT2D eigenvalue weighted by atomic mass is 16.4. The molecule has 0 fully saturated rings. The molecule has 4 heteroatoms. The van der Waals surface area contributed by atoms with Gasteiger partial charge in [0, 0.05) is 39.0 Å². The van der Waals surface area contributed by atoms with E-state index in [1.54, 1.807) is 24.5 Å². The SMILES string of the molecule is CC(=O)c1ccc(N(C)Cc2ccncc2)o1. The number of ketones is 1. The monoisotopic (exact) mass is 230 g/mol. The number of nitrogens with zero attached hydrogens (tertiary/aromatic N) is 2. The van der Waals surface area contributed by atoms with Crippen LogP contribution in [0.25, 0.3) is 0 Å². The summed E-state index contributed by atoms with van der Waals surface area (Å²) in [6, 6.07) is 7.40. The number of hydrogen-bond donors (Lipinski definition) is 0. The normalized spacial score (nSPS) is 10.2. The van der Waals surface area contributed by atoms with Gasteiger partial charge in [-0.15, -0.1) is 0 Å². The van der Waals surface area contributed by atoms with E-state index in [-0.39, 0.29) is 5.78 Å². The van der Waals surface area contributed by atoms with Gasteiger partial charge < -0.3 is 9.32 Å². The van der Waals surface area contributed by atoms with Gasteiger partial charge in [0.15, 0.2) is 17.4 Å². The zero-order valence-electron chi connectivity index (χ0n) is 9.88. The van der Waals surface area contributed by atoms with Crippen molar-refractivity contribution in [2.45, 2.75) is 13.5 Å². The fourth-order valence-electron chi connectivity index (χ4n) is 1.56. The first-order chi connectivity index (χ1) is 8.16. The maximum Gasteiger partial charge on any atom is 0.196 e. The van der Waals surface area contributed by atoms with Crippen molar-refractivity contribution in [3.05, 3.63) is 48.0 Å². The molecule has 0 spiro atoms. The zero-order chi connectivity index (χ0) is 12.3. The van der Waals surface area contributed by atoms with Crippen LogP contribution in [-0.4, -0.2) is 17.8 Å². The molecule has 0 amide bonds. The zero-order valence-corrected chi connectivity index (χ0v) is 9.88. The number of aromatic nitrogens is 1. The minimum atomic E-state index is -0.0615. The van der Waals surface area contributed by atoms with Crippen molar-refractivity contribution in [2.24, 2.45) is 0 Å². The molecule has 0 aliphatic rings. The summed E-state index contributed by atoms with van der Waals surface area (Å²) in [5.74, 6) is 1.02. The number of carbonyl (C=O) groups excluding carboxylic acids is 1. The van der Waals surface area contributed by atoms with E-state index in [1.807, 2.05) is 24.1 Å². The van der Waals surface area contributed by atoms with Crippen molar-refractivity contribution < 1.29 is 9.21 Å². The Labute approximate surface area is 99.9 Å². The first-order valence-corrected chi connectivity index (χ1v) is 5.37. The van der Waals surface area contributed by atoms with Crippen LogP contribution in [0.15, 0.2) is 41.1 Å². The molecule has 0 bridgehead atoms. The van der Waals surface area contributed by atoms with E-state index in [2.05, 4.69) is 4.98 Å². The topological polar surface area (TPSA) is 46.3 Å². The molecule has 17 heavy (non-hydrogen) atoms. The van der Waals surface area contributed by atoms with E-state index in [1.165, 1.54) is 6.92 Å². The summed E-state index contributed by atoms with van der Waals surface area (Å²) >= 11 is 0. The van der Waals surface area contributed by atoms with Crippen LogP contribution in [0.5, 0.6) is 0 Å². The molecule has 0 saturated heterocycles. The van der Waals surface area contributed by atoms with Crippen LogP contribution in [-0.2, 0) is 6.54 Å². The molecule has 0 N–H and O–H groups in total. The molecule has 2 rings (SSSR count). The van der Waals surface area contributed by atoms with E-state index >= 15 is 0 Å². The summed E-state index contributed by atoms with van der Waals surface area (Å²) in [4.78, 5) is 17.0. The summed E-state index contributed by atoms with van der Waals surface area (Å²) in [5, 5.41) is 0. The summed E-state index contributed by atoms with van der Waals surface area (Å²) in [6.45, 7) is 2.21. The highest BCUT2D eigenvalue weighted by Crippen LogP contribution is 2.19. The molecule has 0 aromatic carbocycles. The van der Waals surface area contributed by atoms with E-state index < -0.39 is 0 Å². The van der Waals surface area contributed by atoms with Crippen LogP contribution in [0.4, 0.5) is 5.88 Å². The highest BCUT2D eigenvalue weighted by molar-refractivity contribution is 5.91. The van der Waals surface area contributed by atoms with Gasteiger partial charge in [0.1, 0.15) is 0 Å².